The second-order valence-electron chi connectivity index (χ2n) is 4.84. The molecule has 112 valence electrons. The summed E-state index contributed by atoms with van der Waals surface area (Å²) in [5.74, 6) is -1.68. The molecule has 4 heteroatoms. The molecular weight excluding hydrogens is 272 g/mol. The Kier molecular flexibility index (Phi) is 5.28. The predicted octanol–water partition coefficient (Wildman–Crippen LogP) is 4.21. The molecule has 0 aliphatic rings. The van der Waals surface area contributed by atoms with Crippen LogP contribution in [0.4, 0.5) is 8.78 Å². The van der Waals surface area contributed by atoms with E-state index >= 15 is 0 Å². The minimum absolute atomic E-state index is 0.327. The summed E-state index contributed by atoms with van der Waals surface area (Å²) in [6, 6.07) is 11.9. The molecule has 0 fully saturated rings. The van der Waals surface area contributed by atoms with Crippen LogP contribution in [-0.4, -0.2) is 6.54 Å². The monoisotopic (exact) mass is 291 g/mol. The lowest BCUT2D eigenvalue weighted by Gasteiger charge is -2.17. The van der Waals surface area contributed by atoms with Gasteiger partial charge in [0.1, 0.15) is 6.10 Å². The smallest absolute Gasteiger partial charge is 0.191 e. The van der Waals surface area contributed by atoms with E-state index in [0.717, 1.165) is 12.1 Å². The summed E-state index contributed by atoms with van der Waals surface area (Å²) in [6.07, 6.45) is -0.421. The third-order valence-corrected chi connectivity index (χ3v) is 3.20. The Morgan fingerprint density at radius 1 is 1.10 bits per heavy atom. The molecule has 0 saturated carbocycles. The van der Waals surface area contributed by atoms with Gasteiger partial charge in [-0.25, -0.2) is 8.78 Å². The maximum Gasteiger partial charge on any atom is 0.191 e. The van der Waals surface area contributed by atoms with Gasteiger partial charge in [0.05, 0.1) is 0 Å². The van der Waals surface area contributed by atoms with Gasteiger partial charge in [-0.15, -0.1) is 0 Å². The van der Waals surface area contributed by atoms with E-state index in [2.05, 4.69) is 5.32 Å². The van der Waals surface area contributed by atoms with Gasteiger partial charge >= 0.3 is 0 Å². The standard InChI is InChI=1S/C17H19F2NO/c1-3-20-11-13-9-15(18)17(16(19)10-13)21-12(2)14-7-5-4-6-8-14/h4-10,12,20H,3,11H2,1-2H3. The molecule has 0 spiro atoms. The van der Waals surface area contributed by atoms with Crippen LogP contribution in [0.25, 0.3) is 0 Å². The van der Waals surface area contributed by atoms with Crippen molar-refractivity contribution in [3.8, 4) is 5.75 Å². The Balaban J connectivity index is 2.16. The number of nitrogens with one attached hydrogen (secondary N) is 1. The lowest BCUT2D eigenvalue weighted by Crippen LogP contribution is -2.13. The quantitative estimate of drug-likeness (QED) is 0.860. The summed E-state index contributed by atoms with van der Waals surface area (Å²) in [4.78, 5) is 0. The summed E-state index contributed by atoms with van der Waals surface area (Å²) in [6.45, 7) is 4.87. The fourth-order valence-electron chi connectivity index (χ4n) is 2.07. The predicted molar refractivity (Wildman–Crippen MR) is 79.2 cm³/mol. The minimum Gasteiger partial charge on any atom is -0.480 e. The molecular formula is C17H19F2NO. The summed E-state index contributed by atoms with van der Waals surface area (Å²) >= 11 is 0. The van der Waals surface area contributed by atoms with Crippen LogP contribution < -0.4 is 10.1 Å². The minimum atomic E-state index is -0.675. The average Bonchev–Trinajstić information content (AvgIpc) is 2.49. The SMILES string of the molecule is CCNCc1cc(F)c(OC(C)c2ccccc2)c(F)c1. The van der Waals surface area contributed by atoms with Crippen molar-refractivity contribution in [2.75, 3.05) is 6.54 Å². The van der Waals surface area contributed by atoms with Gasteiger partial charge < -0.3 is 10.1 Å². The van der Waals surface area contributed by atoms with Crippen molar-refractivity contribution >= 4 is 0 Å². The first-order valence-corrected chi connectivity index (χ1v) is 7.02. The molecule has 1 unspecified atom stereocenters. The van der Waals surface area contributed by atoms with Gasteiger partial charge in [-0.05, 0) is 36.7 Å². The average molecular weight is 291 g/mol. The second kappa shape index (κ2) is 7.18. The number of halogens is 2. The van der Waals surface area contributed by atoms with E-state index in [1.54, 1.807) is 6.92 Å². The van der Waals surface area contributed by atoms with Gasteiger partial charge in [0, 0.05) is 6.54 Å². The molecule has 21 heavy (non-hydrogen) atoms. The van der Waals surface area contributed by atoms with Gasteiger partial charge in [0.15, 0.2) is 17.4 Å². The molecule has 0 amide bonds. The summed E-state index contributed by atoms with van der Waals surface area (Å²) in [5, 5.41) is 3.03. The van der Waals surface area contributed by atoms with E-state index in [-0.39, 0.29) is 5.75 Å². The van der Waals surface area contributed by atoms with Crippen molar-refractivity contribution in [2.45, 2.75) is 26.5 Å². The molecule has 0 heterocycles. The van der Waals surface area contributed by atoms with Crippen molar-refractivity contribution in [1.29, 1.82) is 0 Å². The van der Waals surface area contributed by atoms with Crippen LogP contribution in [0.1, 0.15) is 31.1 Å². The number of benzene rings is 2. The first-order valence-electron chi connectivity index (χ1n) is 7.02. The molecule has 0 bridgehead atoms. The maximum absolute atomic E-state index is 14.0. The zero-order chi connectivity index (χ0) is 15.2. The van der Waals surface area contributed by atoms with Crippen molar-refractivity contribution in [1.82, 2.24) is 5.32 Å². The van der Waals surface area contributed by atoms with Crippen molar-refractivity contribution in [3.05, 3.63) is 65.2 Å². The van der Waals surface area contributed by atoms with Crippen LogP contribution in [0.5, 0.6) is 5.75 Å². The second-order valence-corrected chi connectivity index (χ2v) is 4.84. The first-order chi connectivity index (χ1) is 10.1. The highest BCUT2D eigenvalue weighted by Gasteiger charge is 2.16. The zero-order valence-corrected chi connectivity index (χ0v) is 12.2. The Bertz CT molecular complexity index is 564. The molecule has 2 nitrogen and oxygen atoms in total. The third-order valence-electron chi connectivity index (χ3n) is 3.20. The summed E-state index contributed by atoms with van der Waals surface area (Å²) in [5.41, 5.74) is 1.43. The largest absolute Gasteiger partial charge is 0.480 e. The molecule has 0 aliphatic carbocycles. The van der Waals surface area contributed by atoms with E-state index in [4.69, 9.17) is 4.74 Å². The number of rotatable bonds is 6. The zero-order valence-electron chi connectivity index (χ0n) is 12.2. The molecule has 0 aliphatic heterocycles. The molecule has 0 radical (unpaired) electrons. The molecule has 0 saturated heterocycles. The van der Waals surface area contributed by atoms with E-state index in [0.29, 0.717) is 12.1 Å². The lowest BCUT2D eigenvalue weighted by molar-refractivity contribution is 0.205. The summed E-state index contributed by atoms with van der Waals surface area (Å²) in [7, 11) is 0. The Morgan fingerprint density at radius 3 is 2.29 bits per heavy atom. The first kappa shape index (κ1) is 15.4. The third kappa shape index (κ3) is 4.02. The Hall–Kier alpha value is -1.94. The molecule has 2 rings (SSSR count). The lowest BCUT2D eigenvalue weighted by atomic mass is 10.1. The van der Waals surface area contributed by atoms with E-state index in [9.17, 15) is 8.78 Å². The van der Waals surface area contributed by atoms with E-state index in [1.807, 2.05) is 37.3 Å². The van der Waals surface area contributed by atoms with Crippen LogP contribution in [0.15, 0.2) is 42.5 Å². The van der Waals surface area contributed by atoms with Crippen LogP contribution >= 0.6 is 0 Å². The van der Waals surface area contributed by atoms with Gasteiger partial charge in [0.25, 0.3) is 0 Å². The molecule has 2 aromatic carbocycles. The number of hydrogen-bond acceptors (Lipinski definition) is 2. The van der Waals surface area contributed by atoms with Gasteiger partial charge in [-0.3, -0.25) is 0 Å². The van der Waals surface area contributed by atoms with E-state index < -0.39 is 17.7 Å². The Labute approximate surface area is 123 Å². The van der Waals surface area contributed by atoms with Crippen molar-refractivity contribution in [3.63, 3.8) is 0 Å². The highest BCUT2D eigenvalue weighted by atomic mass is 19.1. The fourth-order valence-corrected chi connectivity index (χ4v) is 2.07. The van der Waals surface area contributed by atoms with Crippen LogP contribution in [0.3, 0.4) is 0 Å². The Morgan fingerprint density at radius 2 is 1.71 bits per heavy atom. The van der Waals surface area contributed by atoms with Crippen LogP contribution in [0.2, 0.25) is 0 Å². The highest BCUT2D eigenvalue weighted by Crippen LogP contribution is 2.28. The van der Waals surface area contributed by atoms with E-state index in [1.165, 1.54) is 12.1 Å². The number of hydrogen-bond donors (Lipinski definition) is 1. The molecule has 1 N–H and O–H groups in total. The maximum atomic E-state index is 14.0. The van der Waals surface area contributed by atoms with Crippen LogP contribution in [0, 0.1) is 11.6 Å². The fraction of sp³-hybridized carbons (Fsp3) is 0.294. The molecule has 0 aromatic heterocycles. The molecule has 1 atom stereocenters. The van der Waals surface area contributed by atoms with Crippen molar-refractivity contribution in [2.24, 2.45) is 0 Å². The number of ether oxygens (including phenoxy) is 1. The highest BCUT2D eigenvalue weighted by molar-refractivity contribution is 5.32. The normalized spacial score (nSPS) is 12.2. The van der Waals surface area contributed by atoms with Crippen molar-refractivity contribution < 1.29 is 13.5 Å². The summed E-state index contributed by atoms with van der Waals surface area (Å²) < 4.78 is 33.5. The topological polar surface area (TPSA) is 21.3 Å². The van der Waals surface area contributed by atoms with Gasteiger partial charge in [0.2, 0.25) is 0 Å². The van der Waals surface area contributed by atoms with Crippen LogP contribution in [-0.2, 0) is 6.54 Å². The van der Waals surface area contributed by atoms with Gasteiger partial charge in [-0.2, -0.15) is 0 Å². The van der Waals surface area contributed by atoms with Gasteiger partial charge in [-0.1, -0.05) is 37.3 Å². The molecule has 2 aromatic rings.